The zero-order chi connectivity index (χ0) is 15.5. The Morgan fingerprint density at radius 1 is 1.00 bits per heavy atom. The van der Waals surface area contributed by atoms with E-state index in [1.807, 2.05) is 0 Å². The van der Waals surface area contributed by atoms with E-state index in [0.717, 1.165) is 12.8 Å². The van der Waals surface area contributed by atoms with Crippen LogP contribution in [-0.2, 0) is 26.4 Å². The first-order valence-electron chi connectivity index (χ1n) is 7.66. The van der Waals surface area contributed by atoms with Gasteiger partial charge in [-0.25, -0.2) is 0 Å². The van der Waals surface area contributed by atoms with Crippen molar-refractivity contribution in [3.63, 3.8) is 0 Å². The summed E-state index contributed by atoms with van der Waals surface area (Å²) in [6, 6.07) is 16.7. The minimum Gasteiger partial charge on any atom is -1.00 e. The normalized spacial score (nSPS) is 12.8. The Hall–Kier alpha value is -0.916. The summed E-state index contributed by atoms with van der Waals surface area (Å²) in [6.07, 6.45) is 8.60. The molecule has 2 aromatic rings. The van der Waals surface area contributed by atoms with Gasteiger partial charge in [0, 0.05) is 0 Å². The predicted octanol–water partition coefficient (Wildman–Crippen LogP) is -0.845. The van der Waals surface area contributed by atoms with Gasteiger partial charge in [0.15, 0.2) is 0 Å². The van der Waals surface area contributed by atoms with E-state index in [0.29, 0.717) is 0 Å². The topological polar surface area (TPSA) is 0 Å². The monoisotopic (exact) mass is 389 g/mol. The van der Waals surface area contributed by atoms with Crippen LogP contribution in [0.2, 0.25) is 0 Å². The third-order valence-electron chi connectivity index (χ3n) is 3.82. The average molecular weight is 390 g/mol. The zero-order valence-corrected chi connectivity index (χ0v) is 16.9. The number of benzene rings is 2. The summed E-state index contributed by atoms with van der Waals surface area (Å²) < 4.78 is 1.42. The third kappa shape index (κ3) is 4.80. The summed E-state index contributed by atoms with van der Waals surface area (Å²) in [4.78, 5) is 0. The molecule has 24 heavy (non-hydrogen) atoms. The fourth-order valence-electron chi connectivity index (χ4n) is 2.89. The van der Waals surface area contributed by atoms with E-state index in [-0.39, 0.29) is 24.8 Å². The van der Waals surface area contributed by atoms with Crippen LogP contribution in [-0.4, -0.2) is 3.81 Å². The molecule has 0 unspecified atom stereocenters. The summed E-state index contributed by atoms with van der Waals surface area (Å²) in [5.74, 6) is 0. The van der Waals surface area contributed by atoms with Crippen molar-refractivity contribution in [1.82, 2.24) is 0 Å². The predicted molar refractivity (Wildman–Crippen MR) is 91.6 cm³/mol. The molecule has 0 atom stereocenters. The fourth-order valence-corrected chi connectivity index (χ4v) is 2.89. The molecule has 0 fully saturated rings. The van der Waals surface area contributed by atoms with Gasteiger partial charge in [0.1, 0.15) is 0 Å². The van der Waals surface area contributed by atoms with Crippen LogP contribution in [0.25, 0.3) is 16.7 Å². The van der Waals surface area contributed by atoms with Crippen LogP contribution in [0.15, 0.2) is 54.6 Å². The van der Waals surface area contributed by atoms with Crippen LogP contribution in [0.3, 0.4) is 0 Å². The molecular weight excluding hydrogens is 371 g/mol. The van der Waals surface area contributed by atoms with Crippen LogP contribution in [0.4, 0.5) is 0 Å². The van der Waals surface area contributed by atoms with E-state index in [1.165, 1.54) is 37.2 Å². The first kappa shape index (κ1) is 21.1. The Bertz CT molecular complexity index is 784. The number of hydrogen-bond donors (Lipinski definition) is 0. The van der Waals surface area contributed by atoms with Crippen molar-refractivity contribution >= 4 is 9.38 Å². The standard InChI is InChI=1S/C18H13.C3H6.2ClH.Ti/c1-2-6-13(5-1)14-9-10-18-16(11-14)12-15-7-3-4-8-17(15)18;1-3-2;;;/h1-5,7-10H,6,12H2;1-2H3;2*1H;/q-1;;;;+2/p-2. The molecule has 0 heterocycles. The molecule has 0 saturated carbocycles. The van der Waals surface area contributed by atoms with E-state index in [4.69, 9.17) is 0 Å². The zero-order valence-electron chi connectivity index (χ0n) is 13.9. The molecule has 0 aliphatic heterocycles. The van der Waals surface area contributed by atoms with Crippen molar-refractivity contribution in [3.8, 4) is 11.1 Å². The number of rotatable bonds is 1. The van der Waals surface area contributed by atoms with Gasteiger partial charge < -0.3 is 24.8 Å². The Morgan fingerprint density at radius 3 is 2.38 bits per heavy atom. The average Bonchev–Trinajstić information content (AvgIpc) is 3.13. The molecule has 4 rings (SSSR count). The first-order chi connectivity index (χ1) is 10.6. The van der Waals surface area contributed by atoms with Gasteiger partial charge in [-0.2, -0.15) is 0 Å². The molecule has 3 heteroatoms. The molecule has 0 aromatic heterocycles. The molecule has 0 nitrogen and oxygen atoms in total. The molecule has 0 saturated heterocycles. The van der Waals surface area contributed by atoms with E-state index < -0.39 is 0 Å². The van der Waals surface area contributed by atoms with E-state index in [2.05, 4.69) is 94.5 Å². The maximum Gasteiger partial charge on any atom is -0.0195 e. The van der Waals surface area contributed by atoms with Crippen molar-refractivity contribution in [2.24, 2.45) is 0 Å². The van der Waals surface area contributed by atoms with Gasteiger partial charge >= 0.3 is 37.6 Å². The smallest absolute Gasteiger partial charge is 0.0195 e. The van der Waals surface area contributed by atoms with E-state index in [1.54, 1.807) is 0 Å². The molecule has 2 aliphatic carbocycles. The van der Waals surface area contributed by atoms with Gasteiger partial charge in [-0.3, -0.25) is 0 Å². The Balaban J connectivity index is 0.000000438. The van der Waals surface area contributed by atoms with Crippen LogP contribution in [0.1, 0.15) is 37.0 Å². The summed E-state index contributed by atoms with van der Waals surface area (Å²) in [7, 11) is 0. The fraction of sp³-hybridized carbons (Fsp3) is 0.190. The molecule has 0 radical (unpaired) electrons. The Kier molecular flexibility index (Phi) is 8.40. The SMILES string of the molecule is C[C](C)=[Ti+2].[Cl-].[Cl-].[c-]1c(C2=CC=CC2)ccc2c1Cc1ccccc1-2. The van der Waals surface area contributed by atoms with Crippen molar-refractivity contribution < 1.29 is 44.8 Å². The van der Waals surface area contributed by atoms with Gasteiger partial charge in [-0.05, 0) is 18.4 Å². The second kappa shape index (κ2) is 9.54. The molecule has 2 aromatic carbocycles. The molecular formula is C21H19Cl2Ti-. The molecule has 0 bridgehead atoms. The van der Waals surface area contributed by atoms with Gasteiger partial charge in [-0.15, -0.1) is 41.0 Å². The molecule has 0 spiro atoms. The quantitative estimate of drug-likeness (QED) is 0.376. The first-order valence-corrected chi connectivity index (χ1v) is 8.44. The molecule has 2 aliphatic rings. The van der Waals surface area contributed by atoms with Crippen molar-refractivity contribution in [2.75, 3.05) is 0 Å². The third-order valence-corrected chi connectivity index (χ3v) is 3.82. The second-order valence-corrected chi connectivity index (χ2v) is 7.48. The maximum absolute atomic E-state index is 3.61. The second-order valence-electron chi connectivity index (χ2n) is 5.92. The van der Waals surface area contributed by atoms with Crippen LogP contribution < -0.4 is 24.8 Å². The molecule has 122 valence electrons. The van der Waals surface area contributed by atoms with Gasteiger partial charge in [0.2, 0.25) is 0 Å². The van der Waals surface area contributed by atoms with E-state index in [9.17, 15) is 0 Å². The number of halogens is 2. The number of allylic oxidation sites excluding steroid dienone is 4. The van der Waals surface area contributed by atoms with Crippen LogP contribution in [0, 0.1) is 6.07 Å². The number of fused-ring (bicyclic) bond motifs is 3. The van der Waals surface area contributed by atoms with Crippen LogP contribution >= 0.6 is 0 Å². The molecule has 0 amide bonds. The molecule has 0 N–H and O–H groups in total. The van der Waals surface area contributed by atoms with Crippen molar-refractivity contribution in [3.05, 3.63) is 77.4 Å². The minimum absolute atomic E-state index is 0. The summed E-state index contributed by atoms with van der Waals surface area (Å²) >= 11 is 2.08. The van der Waals surface area contributed by atoms with Gasteiger partial charge in [-0.1, -0.05) is 47.5 Å². The van der Waals surface area contributed by atoms with E-state index >= 15 is 0 Å². The van der Waals surface area contributed by atoms with Crippen LogP contribution in [0.5, 0.6) is 0 Å². The Morgan fingerprint density at radius 2 is 1.71 bits per heavy atom. The number of hydrogen-bond acceptors (Lipinski definition) is 0. The summed E-state index contributed by atoms with van der Waals surface area (Å²) in [5, 5.41) is 0. The van der Waals surface area contributed by atoms with Crippen molar-refractivity contribution in [2.45, 2.75) is 26.7 Å². The largest absolute Gasteiger partial charge is 1.00 e. The maximum atomic E-state index is 3.61. The summed E-state index contributed by atoms with van der Waals surface area (Å²) in [6.45, 7) is 4.17. The summed E-state index contributed by atoms with van der Waals surface area (Å²) in [5.41, 5.74) is 8.16. The Labute approximate surface area is 168 Å². The minimum atomic E-state index is 0. The van der Waals surface area contributed by atoms with Crippen molar-refractivity contribution in [1.29, 1.82) is 0 Å². The van der Waals surface area contributed by atoms with Gasteiger partial charge in [0.05, 0.1) is 0 Å². The van der Waals surface area contributed by atoms with Gasteiger partial charge in [0.25, 0.3) is 0 Å².